The van der Waals surface area contributed by atoms with Crippen molar-refractivity contribution in [1.82, 2.24) is 0 Å². The third-order valence-electron chi connectivity index (χ3n) is 1.65. The van der Waals surface area contributed by atoms with Gasteiger partial charge in [-0.2, -0.15) is 0 Å². The van der Waals surface area contributed by atoms with Gasteiger partial charge in [-0.3, -0.25) is 0 Å². The van der Waals surface area contributed by atoms with Crippen LogP contribution in [0.4, 0.5) is 0 Å². The van der Waals surface area contributed by atoms with Gasteiger partial charge in [-0.25, -0.2) is 0 Å². The third kappa shape index (κ3) is 4.27. The summed E-state index contributed by atoms with van der Waals surface area (Å²) in [5.74, 6) is 5.77. The summed E-state index contributed by atoms with van der Waals surface area (Å²) in [7, 11) is 0. The lowest BCUT2D eigenvalue weighted by atomic mass is 10.2. The molecule has 1 aromatic carbocycles. The normalized spacial score (nSPS) is 9.43. The average Bonchev–Trinajstić information content (AvgIpc) is 2.25. The molecule has 0 atom stereocenters. The van der Waals surface area contributed by atoms with E-state index in [9.17, 15) is 4.79 Å². The first kappa shape index (κ1) is 10.3. The summed E-state index contributed by atoms with van der Waals surface area (Å²) in [6, 6.07) is 9.99. The Morgan fingerprint density at radius 1 is 1.21 bits per heavy atom. The summed E-state index contributed by atoms with van der Waals surface area (Å²) < 4.78 is 0. The fourth-order valence-corrected chi connectivity index (χ4v) is 0.964. The topological polar surface area (TPSA) is 17.1 Å². The van der Waals surface area contributed by atoms with E-state index in [4.69, 9.17) is 0 Å². The van der Waals surface area contributed by atoms with E-state index in [1.807, 2.05) is 36.4 Å². The van der Waals surface area contributed by atoms with Crippen LogP contribution in [0.5, 0.6) is 0 Å². The van der Waals surface area contributed by atoms with E-state index in [2.05, 4.69) is 11.8 Å². The Morgan fingerprint density at radius 2 is 2.00 bits per heavy atom. The average molecular weight is 184 g/mol. The molecule has 0 fully saturated rings. The maximum Gasteiger partial charge on any atom is 0.120 e. The van der Waals surface area contributed by atoms with Crippen molar-refractivity contribution in [3.8, 4) is 11.8 Å². The lowest BCUT2D eigenvalue weighted by molar-refractivity contribution is -0.107. The second-order valence-electron chi connectivity index (χ2n) is 2.77. The van der Waals surface area contributed by atoms with Gasteiger partial charge in [0.2, 0.25) is 0 Å². The molecular formula is C13H12O. The minimum Gasteiger partial charge on any atom is -0.303 e. The number of aldehydes is 1. The van der Waals surface area contributed by atoms with E-state index >= 15 is 0 Å². The summed E-state index contributed by atoms with van der Waals surface area (Å²) in [5, 5.41) is 0. The summed E-state index contributed by atoms with van der Waals surface area (Å²) >= 11 is 0. The fraction of sp³-hybridized carbons (Fsp3) is 0.154. The van der Waals surface area contributed by atoms with Crippen LogP contribution >= 0.6 is 0 Å². The standard InChI is InChI=1S/C13H12O/c14-12-8-3-1-2-5-9-13-10-6-4-7-11-13/h4-7,9-12H,3,8H2/b9-5+. The van der Waals surface area contributed by atoms with Crippen LogP contribution in [-0.4, -0.2) is 6.29 Å². The van der Waals surface area contributed by atoms with Gasteiger partial charge >= 0.3 is 0 Å². The smallest absolute Gasteiger partial charge is 0.120 e. The Labute approximate surface area is 84.5 Å². The molecule has 0 saturated heterocycles. The quantitative estimate of drug-likeness (QED) is 0.401. The highest BCUT2D eigenvalue weighted by Gasteiger charge is 1.79. The molecule has 0 spiro atoms. The van der Waals surface area contributed by atoms with Crippen molar-refractivity contribution in [1.29, 1.82) is 0 Å². The largest absolute Gasteiger partial charge is 0.303 e. The Balaban J connectivity index is 2.40. The van der Waals surface area contributed by atoms with Crippen LogP contribution in [0.3, 0.4) is 0 Å². The highest BCUT2D eigenvalue weighted by molar-refractivity contribution is 5.53. The zero-order chi connectivity index (χ0) is 10.1. The molecule has 0 N–H and O–H groups in total. The molecule has 0 aromatic heterocycles. The predicted octanol–water partition coefficient (Wildman–Crippen LogP) is 2.68. The van der Waals surface area contributed by atoms with Crippen LogP contribution in [-0.2, 0) is 4.79 Å². The van der Waals surface area contributed by atoms with Crippen LogP contribution in [0, 0.1) is 11.8 Å². The van der Waals surface area contributed by atoms with Crippen molar-refractivity contribution in [2.24, 2.45) is 0 Å². The molecule has 1 nitrogen and oxygen atoms in total. The van der Waals surface area contributed by atoms with Crippen LogP contribution in [0.15, 0.2) is 36.4 Å². The van der Waals surface area contributed by atoms with E-state index in [-0.39, 0.29) is 0 Å². The molecule has 0 aliphatic heterocycles. The maximum absolute atomic E-state index is 9.97. The van der Waals surface area contributed by atoms with Crippen LogP contribution in [0.1, 0.15) is 18.4 Å². The maximum atomic E-state index is 9.97. The highest BCUT2D eigenvalue weighted by atomic mass is 16.1. The molecule has 0 saturated carbocycles. The lowest BCUT2D eigenvalue weighted by Crippen LogP contribution is -1.70. The SMILES string of the molecule is O=CCCC#C/C=C/c1ccccc1. The number of carbonyl (C=O) groups excluding carboxylic acids is 1. The van der Waals surface area contributed by atoms with E-state index in [1.165, 1.54) is 0 Å². The van der Waals surface area contributed by atoms with E-state index < -0.39 is 0 Å². The lowest BCUT2D eigenvalue weighted by Gasteiger charge is -1.87. The van der Waals surface area contributed by atoms with Crippen molar-refractivity contribution in [2.75, 3.05) is 0 Å². The monoisotopic (exact) mass is 184 g/mol. The second-order valence-corrected chi connectivity index (χ2v) is 2.77. The number of rotatable bonds is 3. The van der Waals surface area contributed by atoms with Crippen LogP contribution in [0.25, 0.3) is 6.08 Å². The molecule has 1 heteroatoms. The van der Waals surface area contributed by atoms with Crippen molar-refractivity contribution in [3.05, 3.63) is 42.0 Å². The summed E-state index contributed by atoms with van der Waals surface area (Å²) in [5.41, 5.74) is 1.14. The van der Waals surface area contributed by atoms with E-state index in [0.29, 0.717) is 12.8 Å². The first-order valence-corrected chi connectivity index (χ1v) is 4.57. The summed E-state index contributed by atoms with van der Waals surface area (Å²) in [4.78, 5) is 9.97. The molecular weight excluding hydrogens is 172 g/mol. The molecule has 0 amide bonds. The van der Waals surface area contributed by atoms with Gasteiger partial charge in [0, 0.05) is 12.8 Å². The summed E-state index contributed by atoms with van der Waals surface area (Å²) in [6.07, 6.45) is 5.80. The van der Waals surface area contributed by atoms with E-state index in [1.54, 1.807) is 6.08 Å². The molecule has 0 radical (unpaired) electrons. The van der Waals surface area contributed by atoms with Crippen molar-refractivity contribution >= 4 is 12.4 Å². The van der Waals surface area contributed by atoms with Gasteiger partial charge in [0.05, 0.1) is 0 Å². The van der Waals surface area contributed by atoms with Crippen molar-refractivity contribution < 1.29 is 4.79 Å². The van der Waals surface area contributed by atoms with Crippen molar-refractivity contribution in [2.45, 2.75) is 12.8 Å². The predicted molar refractivity (Wildman–Crippen MR) is 58.6 cm³/mol. The minimum absolute atomic E-state index is 0.520. The van der Waals surface area contributed by atoms with Gasteiger partial charge in [-0.1, -0.05) is 42.2 Å². The molecule has 1 rings (SSSR count). The Kier molecular flexibility index (Phi) is 4.90. The minimum atomic E-state index is 0.520. The molecule has 0 aliphatic carbocycles. The van der Waals surface area contributed by atoms with Crippen molar-refractivity contribution in [3.63, 3.8) is 0 Å². The molecule has 0 aliphatic rings. The number of allylic oxidation sites excluding steroid dienone is 1. The fourth-order valence-electron chi connectivity index (χ4n) is 0.964. The Bertz CT molecular complexity index is 352. The van der Waals surface area contributed by atoms with Gasteiger partial charge in [0.15, 0.2) is 0 Å². The van der Waals surface area contributed by atoms with Gasteiger partial charge in [-0.15, -0.1) is 0 Å². The number of hydrogen-bond donors (Lipinski definition) is 0. The number of hydrogen-bond acceptors (Lipinski definition) is 1. The zero-order valence-electron chi connectivity index (χ0n) is 7.94. The van der Waals surface area contributed by atoms with Crippen LogP contribution < -0.4 is 0 Å². The Hall–Kier alpha value is -1.81. The van der Waals surface area contributed by atoms with Gasteiger partial charge in [-0.05, 0) is 17.7 Å². The zero-order valence-corrected chi connectivity index (χ0v) is 7.94. The molecule has 70 valence electrons. The molecule has 1 aromatic rings. The molecule has 0 heterocycles. The van der Waals surface area contributed by atoms with Gasteiger partial charge < -0.3 is 4.79 Å². The first-order chi connectivity index (χ1) is 6.93. The van der Waals surface area contributed by atoms with Gasteiger partial charge in [0.1, 0.15) is 6.29 Å². The number of benzene rings is 1. The first-order valence-electron chi connectivity index (χ1n) is 4.57. The molecule has 14 heavy (non-hydrogen) atoms. The van der Waals surface area contributed by atoms with Gasteiger partial charge in [0.25, 0.3) is 0 Å². The molecule has 0 unspecified atom stereocenters. The summed E-state index contributed by atoms with van der Waals surface area (Å²) in [6.45, 7) is 0. The van der Waals surface area contributed by atoms with Crippen LogP contribution in [0.2, 0.25) is 0 Å². The third-order valence-corrected chi connectivity index (χ3v) is 1.65. The number of carbonyl (C=O) groups is 1. The van der Waals surface area contributed by atoms with E-state index in [0.717, 1.165) is 11.8 Å². The molecule has 0 bridgehead atoms. The highest BCUT2D eigenvalue weighted by Crippen LogP contribution is 1.99. The second kappa shape index (κ2) is 6.68. The Morgan fingerprint density at radius 3 is 2.71 bits per heavy atom. The number of unbranched alkanes of at least 4 members (excludes halogenated alkanes) is 1.